The van der Waals surface area contributed by atoms with Gasteiger partial charge in [0, 0.05) is 12.4 Å². The van der Waals surface area contributed by atoms with Gasteiger partial charge in [-0.1, -0.05) is 6.08 Å². The van der Waals surface area contributed by atoms with Gasteiger partial charge in [-0.05, 0) is 24.6 Å². The van der Waals surface area contributed by atoms with Crippen molar-refractivity contribution in [1.82, 2.24) is 4.90 Å². The van der Waals surface area contributed by atoms with Crippen LogP contribution in [0.2, 0.25) is 0 Å². The first-order valence-corrected chi connectivity index (χ1v) is 3.63. The third-order valence-electron chi connectivity index (χ3n) is 1.49. The number of ether oxygens (including phenoxy) is 1. The minimum atomic E-state index is -0.384. The van der Waals surface area contributed by atoms with Crippen LogP contribution in [0.25, 0.3) is 0 Å². The van der Waals surface area contributed by atoms with Crippen LogP contribution in [0.3, 0.4) is 0 Å². The smallest absolute Gasteiger partial charge is 0.417 e. The Hall–Kier alpha value is -1.51. The molecule has 64 valence electrons. The lowest BCUT2D eigenvalue weighted by atomic mass is 10.3. The third kappa shape index (κ3) is 1.99. The van der Waals surface area contributed by atoms with Gasteiger partial charge in [-0.25, -0.2) is 4.79 Å². The molecule has 0 atom stereocenters. The van der Waals surface area contributed by atoms with E-state index >= 15 is 0 Å². The Bertz CT molecular complexity index is 264. The van der Waals surface area contributed by atoms with Crippen LogP contribution in [0, 0.1) is 0 Å². The molecule has 1 rings (SSSR count). The Morgan fingerprint density at radius 3 is 2.92 bits per heavy atom. The number of rotatable bonds is 0. The Morgan fingerprint density at radius 1 is 1.50 bits per heavy atom. The van der Waals surface area contributed by atoms with E-state index in [0.717, 1.165) is 5.57 Å². The maximum Gasteiger partial charge on any atom is 0.417 e. The van der Waals surface area contributed by atoms with E-state index in [1.807, 2.05) is 19.1 Å². The fourth-order valence-corrected chi connectivity index (χ4v) is 0.818. The molecule has 0 aromatic rings. The molecule has 0 bridgehead atoms. The number of carbonyl (C=O) groups is 1. The normalized spacial score (nSPS) is 15.5. The van der Waals surface area contributed by atoms with Crippen molar-refractivity contribution in [2.45, 2.75) is 6.92 Å². The number of hydrogen-bond acceptors (Lipinski definition) is 2. The molecule has 0 saturated heterocycles. The SMILES string of the molecule is COC(=O)N1C=CC=C(C)C=C1. The van der Waals surface area contributed by atoms with E-state index in [4.69, 9.17) is 0 Å². The zero-order valence-electron chi connectivity index (χ0n) is 7.15. The molecule has 0 spiro atoms. The van der Waals surface area contributed by atoms with Gasteiger partial charge in [0.1, 0.15) is 0 Å². The molecule has 3 heteroatoms. The van der Waals surface area contributed by atoms with Crippen molar-refractivity contribution in [3.8, 4) is 0 Å². The molecule has 1 aliphatic heterocycles. The largest absolute Gasteiger partial charge is 0.452 e. The first kappa shape index (κ1) is 8.59. The second-order valence-electron chi connectivity index (χ2n) is 2.45. The van der Waals surface area contributed by atoms with Gasteiger partial charge >= 0.3 is 6.09 Å². The highest BCUT2D eigenvalue weighted by Gasteiger charge is 2.06. The maximum absolute atomic E-state index is 11.0. The number of amides is 1. The maximum atomic E-state index is 11.0. The van der Waals surface area contributed by atoms with E-state index in [9.17, 15) is 4.79 Å². The van der Waals surface area contributed by atoms with Crippen molar-refractivity contribution in [2.24, 2.45) is 0 Å². The van der Waals surface area contributed by atoms with Gasteiger partial charge in [0.25, 0.3) is 0 Å². The minimum absolute atomic E-state index is 0.384. The summed E-state index contributed by atoms with van der Waals surface area (Å²) >= 11 is 0. The summed E-state index contributed by atoms with van der Waals surface area (Å²) in [5, 5.41) is 0. The highest BCUT2D eigenvalue weighted by atomic mass is 16.5. The van der Waals surface area contributed by atoms with Crippen molar-refractivity contribution in [3.63, 3.8) is 0 Å². The summed E-state index contributed by atoms with van der Waals surface area (Å²) in [4.78, 5) is 12.4. The van der Waals surface area contributed by atoms with Crippen LogP contribution in [0.4, 0.5) is 4.79 Å². The summed E-state index contributed by atoms with van der Waals surface area (Å²) < 4.78 is 4.54. The van der Waals surface area contributed by atoms with Gasteiger partial charge in [-0.2, -0.15) is 0 Å². The van der Waals surface area contributed by atoms with Gasteiger partial charge in [0.2, 0.25) is 0 Å². The van der Waals surface area contributed by atoms with Gasteiger partial charge in [-0.3, -0.25) is 4.90 Å². The highest BCUT2D eigenvalue weighted by molar-refractivity contribution is 5.70. The molecule has 12 heavy (non-hydrogen) atoms. The number of carbonyl (C=O) groups excluding carboxylic acids is 1. The van der Waals surface area contributed by atoms with Crippen molar-refractivity contribution in [2.75, 3.05) is 7.11 Å². The molecule has 0 fully saturated rings. The predicted octanol–water partition coefficient (Wildman–Crippen LogP) is 2.04. The topological polar surface area (TPSA) is 29.5 Å². The summed E-state index contributed by atoms with van der Waals surface area (Å²) in [5.41, 5.74) is 1.10. The molecule has 0 N–H and O–H groups in total. The standard InChI is InChI=1S/C9H11NO2/c1-8-4-3-6-10(7-5-8)9(11)12-2/h3-7H,1-2H3. The average Bonchev–Trinajstić information content (AvgIpc) is 2.29. The number of methoxy groups -OCH3 is 1. The van der Waals surface area contributed by atoms with E-state index < -0.39 is 0 Å². The van der Waals surface area contributed by atoms with Crippen LogP contribution in [-0.4, -0.2) is 18.1 Å². The Labute approximate surface area is 71.6 Å². The lowest BCUT2D eigenvalue weighted by Gasteiger charge is -2.09. The molecule has 1 aliphatic rings. The van der Waals surface area contributed by atoms with E-state index in [1.54, 1.807) is 18.5 Å². The molecule has 0 radical (unpaired) electrons. The summed E-state index contributed by atoms with van der Waals surface area (Å²) in [7, 11) is 1.36. The Kier molecular flexibility index (Phi) is 2.69. The zero-order valence-corrected chi connectivity index (χ0v) is 7.15. The average molecular weight is 165 g/mol. The van der Waals surface area contributed by atoms with Crippen LogP contribution in [0.5, 0.6) is 0 Å². The quantitative estimate of drug-likeness (QED) is 0.549. The molecule has 3 nitrogen and oxygen atoms in total. The predicted molar refractivity (Wildman–Crippen MR) is 46.3 cm³/mol. The highest BCUT2D eigenvalue weighted by Crippen LogP contribution is 2.05. The van der Waals surface area contributed by atoms with E-state index in [-0.39, 0.29) is 6.09 Å². The van der Waals surface area contributed by atoms with Crippen LogP contribution >= 0.6 is 0 Å². The minimum Gasteiger partial charge on any atom is -0.452 e. The summed E-state index contributed by atoms with van der Waals surface area (Å²) in [6.45, 7) is 1.96. The molecule has 0 aromatic carbocycles. The van der Waals surface area contributed by atoms with Crippen LogP contribution < -0.4 is 0 Å². The molecule has 1 amide bonds. The van der Waals surface area contributed by atoms with Gasteiger partial charge in [0.15, 0.2) is 0 Å². The van der Waals surface area contributed by atoms with E-state index in [2.05, 4.69) is 4.74 Å². The van der Waals surface area contributed by atoms with Crippen molar-refractivity contribution in [1.29, 1.82) is 0 Å². The first-order valence-electron chi connectivity index (χ1n) is 3.63. The fraction of sp³-hybridized carbons (Fsp3) is 0.222. The molecule has 1 heterocycles. The van der Waals surface area contributed by atoms with Crippen molar-refractivity contribution < 1.29 is 9.53 Å². The second-order valence-corrected chi connectivity index (χ2v) is 2.45. The molecule has 0 aliphatic carbocycles. The second kappa shape index (κ2) is 3.76. The van der Waals surface area contributed by atoms with E-state index in [0.29, 0.717) is 0 Å². The van der Waals surface area contributed by atoms with Gasteiger partial charge < -0.3 is 4.74 Å². The molecular weight excluding hydrogens is 154 g/mol. The molecule has 0 saturated carbocycles. The Morgan fingerprint density at radius 2 is 2.25 bits per heavy atom. The van der Waals surface area contributed by atoms with E-state index in [1.165, 1.54) is 12.0 Å². The Balaban J connectivity index is 2.73. The summed E-state index contributed by atoms with van der Waals surface area (Å²) in [6.07, 6.45) is 8.49. The fourth-order valence-electron chi connectivity index (χ4n) is 0.818. The number of allylic oxidation sites excluding steroid dienone is 4. The van der Waals surface area contributed by atoms with Gasteiger partial charge in [-0.15, -0.1) is 0 Å². The first-order chi connectivity index (χ1) is 5.74. The van der Waals surface area contributed by atoms with Gasteiger partial charge in [0.05, 0.1) is 7.11 Å². The van der Waals surface area contributed by atoms with Crippen molar-refractivity contribution in [3.05, 3.63) is 36.2 Å². The zero-order chi connectivity index (χ0) is 8.97. The molecule has 0 aromatic heterocycles. The monoisotopic (exact) mass is 165 g/mol. The lowest BCUT2D eigenvalue weighted by molar-refractivity contribution is 0.152. The summed E-state index contributed by atoms with van der Waals surface area (Å²) in [6, 6.07) is 0. The lowest BCUT2D eigenvalue weighted by Crippen LogP contribution is -2.18. The van der Waals surface area contributed by atoms with Crippen molar-refractivity contribution >= 4 is 6.09 Å². The number of hydrogen-bond donors (Lipinski definition) is 0. The molecule has 0 unspecified atom stereocenters. The summed E-state index contributed by atoms with van der Waals surface area (Å²) in [5.74, 6) is 0. The third-order valence-corrected chi connectivity index (χ3v) is 1.49. The molecular formula is C9H11NO2. The van der Waals surface area contributed by atoms with Crippen LogP contribution in [0.15, 0.2) is 36.2 Å². The van der Waals surface area contributed by atoms with Crippen LogP contribution in [-0.2, 0) is 4.74 Å². The number of nitrogens with zero attached hydrogens (tertiary/aromatic N) is 1. The van der Waals surface area contributed by atoms with Crippen LogP contribution in [0.1, 0.15) is 6.92 Å².